The van der Waals surface area contributed by atoms with Crippen LogP contribution >= 0.6 is 0 Å². The number of carbonyl (C=O) groups excluding carboxylic acids is 1. The van der Waals surface area contributed by atoms with Gasteiger partial charge in [0.2, 0.25) is 0 Å². The van der Waals surface area contributed by atoms with E-state index in [0.717, 1.165) is 4.68 Å². The molecule has 1 amide bonds. The predicted octanol–water partition coefficient (Wildman–Crippen LogP) is 1.15. The van der Waals surface area contributed by atoms with Gasteiger partial charge in [0.1, 0.15) is 11.3 Å². The van der Waals surface area contributed by atoms with Gasteiger partial charge in [-0.15, -0.1) is 0 Å². The van der Waals surface area contributed by atoms with Crippen molar-refractivity contribution in [3.8, 4) is 5.75 Å². The summed E-state index contributed by atoms with van der Waals surface area (Å²) in [5, 5.41) is 13.4. The summed E-state index contributed by atoms with van der Waals surface area (Å²) in [6.07, 6.45) is 1.42. The summed E-state index contributed by atoms with van der Waals surface area (Å²) in [5.41, 5.74) is 6.32. The highest BCUT2D eigenvalue weighted by molar-refractivity contribution is 5.93. The SMILES string of the molecule is Cc1cc(C)n(N=Cc2cccc(O)c2)c(=O)c1C(N)=O. The lowest BCUT2D eigenvalue weighted by Gasteiger charge is -2.08. The van der Waals surface area contributed by atoms with Gasteiger partial charge in [0.25, 0.3) is 11.5 Å². The number of aromatic hydroxyl groups is 1. The fourth-order valence-corrected chi connectivity index (χ4v) is 2.05. The van der Waals surface area contributed by atoms with E-state index in [2.05, 4.69) is 5.10 Å². The number of hydrogen-bond acceptors (Lipinski definition) is 4. The minimum absolute atomic E-state index is 0.0753. The molecular weight excluding hydrogens is 270 g/mol. The molecule has 0 spiro atoms. The van der Waals surface area contributed by atoms with Crippen molar-refractivity contribution in [3.05, 3.63) is 63.1 Å². The second-order valence-corrected chi connectivity index (χ2v) is 4.66. The molecule has 2 aromatic rings. The molecule has 0 fully saturated rings. The molecule has 1 aromatic carbocycles. The van der Waals surface area contributed by atoms with Crippen LogP contribution < -0.4 is 11.3 Å². The van der Waals surface area contributed by atoms with Crippen LogP contribution in [0.15, 0.2) is 40.2 Å². The molecule has 2 rings (SSSR count). The number of rotatable bonds is 3. The number of carbonyl (C=O) groups is 1. The Bertz CT molecular complexity index is 791. The first kappa shape index (κ1) is 14.5. The molecule has 0 aliphatic heterocycles. The lowest BCUT2D eigenvalue weighted by molar-refractivity contribution is 0.0997. The zero-order valence-corrected chi connectivity index (χ0v) is 11.7. The molecule has 1 aromatic heterocycles. The van der Waals surface area contributed by atoms with Crippen molar-refractivity contribution in [3.63, 3.8) is 0 Å². The van der Waals surface area contributed by atoms with Crippen molar-refractivity contribution in [2.24, 2.45) is 10.8 Å². The normalized spacial score (nSPS) is 11.0. The molecule has 0 radical (unpaired) electrons. The number of amides is 1. The van der Waals surface area contributed by atoms with Gasteiger partial charge in [-0.2, -0.15) is 5.10 Å². The van der Waals surface area contributed by atoms with Gasteiger partial charge in [0.05, 0.1) is 6.21 Å². The van der Waals surface area contributed by atoms with Crippen LogP contribution in [0.1, 0.15) is 27.2 Å². The standard InChI is InChI=1S/C15H15N3O3/c1-9-6-10(2)18(15(21)13(9)14(16)20)17-8-11-4-3-5-12(19)7-11/h3-8,19H,1-2H3,(H2,16,20). The number of nitrogens with two attached hydrogens (primary N) is 1. The van der Waals surface area contributed by atoms with Crippen molar-refractivity contribution >= 4 is 12.1 Å². The van der Waals surface area contributed by atoms with Gasteiger partial charge in [0, 0.05) is 5.69 Å². The van der Waals surface area contributed by atoms with E-state index < -0.39 is 11.5 Å². The molecule has 108 valence electrons. The zero-order valence-electron chi connectivity index (χ0n) is 11.7. The summed E-state index contributed by atoms with van der Waals surface area (Å²) >= 11 is 0. The Hall–Kier alpha value is -2.89. The van der Waals surface area contributed by atoms with Gasteiger partial charge in [0.15, 0.2) is 0 Å². The zero-order chi connectivity index (χ0) is 15.6. The largest absolute Gasteiger partial charge is 0.508 e. The summed E-state index contributed by atoms with van der Waals surface area (Å²) in [7, 11) is 0. The first-order chi connectivity index (χ1) is 9.90. The average Bonchev–Trinajstić information content (AvgIpc) is 2.37. The molecule has 6 nitrogen and oxygen atoms in total. The van der Waals surface area contributed by atoms with Crippen LogP contribution in [-0.2, 0) is 0 Å². The minimum Gasteiger partial charge on any atom is -0.508 e. The van der Waals surface area contributed by atoms with E-state index in [4.69, 9.17) is 5.73 Å². The van der Waals surface area contributed by atoms with Crippen LogP contribution in [0.4, 0.5) is 0 Å². The molecule has 0 unspecified atom stereocenters. The Morgan fingerprint density at radius 1 is 1.33 bits per heavy atom. The summed E-state index contributed by atoms with van der Waals surface area (Å²) in [6, 6.07) is 8.10. The third-order valence-corrected chi connectivity index (χ3v) is 3.00. The second-order valence-electron chi connectivity index (χ2n) is 4.66. The van der Waals surface area contributed by atoms with Crippen LogP contribution in [0, 0.1) is 13.8 Å². The molecule has 3 N–H and O–H groups in total. The fourth-order valence-electron chi connectivity index (χ4n) is 2.05. The number of primary amides is 1. The molecular formula is C15H15N3O3. The van der Waals surface area contributed by atoms with E-state index in [-0.39, 0.29) is 11.3 Å². The lowest BCUT2D eigenvalue weighted by atomic mass is 10.1. The second kappa shape index (κ2) is 5.62. The highest BCUT2D eigenvalue weighted by Crippen LogP contribution is 2.09. The van der Waals surface area contributed by atoms with Crippen molar-refractivity contribution in [2.45, 2.75) is 13.8 Å². The number of hydrogen-bond donors (Lipinski definition) is 2. The smallest absolute Gasteiger partial charge is 0.284 e. The van der Waals surface area contributed by atoms with E-state index >= 15 is 0 Å². The molecule has 6 heteroatoms. The highest BCUT2D eigenvalue weighted by atomic mass is 16.3. The molecule has 1 heterocycles. The first-order valence-corrected chi connectivity index (χ1v) is 6.26. The van der Waals surface area contributed by atoms with Crippen molar-refractivity contribution < 1.29 is 9.90 Å². The summed E-state index contributed by atoms with van der Waals surface area (Å²) in [5.74, 6) is -0.677. The Kier molecular flexibility index (Phi) is 3.89. The highest BCUT2D eigenvalue weighted by Gasteiger charge is 2.14. The van der Waals surface area contributed by atoms with E-state index in [0.29, 0.717) is 16.8 Å². The van der Waals surface area contributed by atoms with Gasteiger partial charge in [-0.1, -0.05) is 12.1 Å². The van der Waals surface area contributed by atoms with E-state index in [9.17, 15) is 14.7 Å². The van der Waals surface area contributed by atoms with Gasteiger partial charge in [-0.05, 0) is 43.2 Å². The maximum absolute atomic E-state index is 12.2. The summed E-state index contributed by atoms with van der Waals surface area (Å²) < 4.78 is 1.11. The summed E-state index contributed by atoms with van der Waals surface area (Å²) in [6.45, 7) is 3.36. The number of pyridine rings is 1. The van der Waals surface area contributed by atoms with Gasteiger partial charge >= 0.3 is 0 Å². The quantitative estimate of drug-likeness (QED) is 0.828. The maximum Gasteiger partial charge on any atom is 0.284 e. The number of aromatic nitrogens is 1. The molecule has 0 atom stereocenters. The Morgan fingerprint density at radius 2 is 2.05 bits per heavy atom. The Morgan fingerprint density at radius 3 is 2.67 bits per heavy atom. The van der Waals surface area contributed by atoms with Crippen LogP contribution in [0.5, 0.6) is 5.75 Å². The third kappa shape index (κ3) is 3.00. The average molecular weight is 285 g/mol. The van der Waals surface area contributed by atoms with E-state index in [1.807, 2.05) is 0 Å². The molecule has 0 saturated carbocycles. The summed E-state index contributed by atoms with van der Waals surface area (Å²) in [4.78, 5) is 23.6. The van der Waals surface area contributed by atoms with Crippen molar-refractivity contribution in [1.82, 2.24) is 4.68 Å². The van der Waals surface area contributed by atoms with Gasteiger partial charge in [-0.3, -0.25) is 9.59 Å². The topological polar surface area (TPSA) is 97.7 Å². The van der Waals surface area contributed by atoms with Crippen LogP contribution in [0.25, 0.3) is 0 Å². The molecule has 0 bridgehead atoms. The molecule has 0 aliphatic carbocycles. The third-order valence-electron chi connectivity index (χ3n) is 3.00. The maximum atomic E-state index is 12.2. The molecule has 0 saturated heterocycles. The number of phenolic OH excluding ortho intramolecular Hbond substituents is 1. The number of nitrogens with zero attached hydrogens (tertiary/aromatic N) is 2. The lowest BCUT2D eigenvalue weighted by Crippen LogP contribution is -2.30. The number of aryl methyl sites for hydroxylation is 2. The minimum atomic E-state index is -0.779. The van der Waals surface area contributed by atoms with Crippen LogP contribution in [-0.4, -0.2) is 21.9 Å². The van der Waals surface area contributed by atoms with Crippen molar-refractivity contribution in [2.75, 3.05) is 0 Å². The molecule has 21 heavy (non-hydrogen) atoms. The van der Waals surface area contributed by atoms with Crippen molar-refractivity contribution in [1.29, 1.82) is 0 Å². The number of benzene rings is 1. The Labute approximate surface area is 121 Å². The first-order valence-electron chi connectivity index (χ1n) is 6.26. The van der Waals surface area contributed by atoms with E-state index in [1.54, 1.807) is 32.0 Å². The number of phenols is 1. The van der Waals surface area contributed by atoms with Crippen LogP contribution in [0.2, 0.25) is 0 Å². The predicted molar refractivity (Wildman–Crippen MR) is 79.8 cm³/mol. The Balaban J connectivity index is 2.52. The monoisotopic (exact) mass is 285 g/mol. The van der Waals surface area contributed by atoms with Gasteiger partial charge < -0.3 is 10.8 Å². The van der Waals surface area contributed by atoms with Crippen LogP contribution in [0.3, 0.4) is 0 Å². The van der Waals surface area contributed by atoms with E-state index in [1.165, 1.54) is 18.3 Å². The fraction of sp³-hybridized carbons (Fsp3) is 0.133. The van der Waals surface area contributed by atoms with Gasteiger partial charge in [-0.25, -0.2) is 4.68 Å². The molecule has 0 aliphatic rings.